The van der Waals surface area contributed by atoms with Crippen LogP contribution in [0.3, 0.4) is 0 Å². The number of rotatable bonds is 4. The number of aromatic nitrogens is 1. The van der Waals surface area contributed by atoms with E-state index in [1.807, 2.05) is 6.20 Å². The summed E-state index contributed by atoms with van der Waals surface area (Å²) in [4.78, 5) is 16.4. The normalized spacial score (nSPS) is 20.9. The molecule has 1 unspecified atom stereocenters. The molecular formula is C12H17NO2S. The summed E-state index contributed by atoms with van der Waals surface area (Å²) in [7, 11) is 0. The maximum Gasteiger partial charge on any atom is 0.135 e. The second-order valence-electron chi connectivity index (χ2n) is 4.29. The Bertz CT molecular complexity index is 356. The fourth-order valence-electron chi connectivity index (χ4n) is 1.93. The Morgan fingerprint density at radius 1 is 1.62 bits per heavy atom. The van der Waals surface area contributed by atoms with Crippen molar-refractivity contribution in [1.29, 1.82) is 0 Å². The number of nitrogens with zero attached hydrogens (tertiary/aromatic N) is 1. The maximum absolute atomic E-state index is 11.0. The maximum atomic E-state index is 11.0. The molecule has 0 N–H and O–H groups in total. The van der Waals surface area contributed by atoms with E-state index < -0.39 is 0 Å². The van der Waals surface area contributed by atoms with Gasteiger partial charge in [-0.15, -0.1) is 11.3 Å². The summed E-state index contributed by atoms with van der Waals surface area (Å²) in [6.07, 6.45) is 7.17. The molecule has 3 nitrogen and oxygen atoms in total. The highest BCUT2D eigenvalue weighted by Crippen LogP contribution is 2.21. The van der Waals surface area contributed by atoms with E-state index in [9.17, 15) is 4.79 Å². The molecule has 1 fully saturated rings. The lowest BCUT2D eigenvalue weighted by molar-refractivity contribution is -0.116. The first-order valence-corrected chi connectivity index (χ1v) is 6.60. The summed E-state index contributed by atoms with van der Waals surface area (Å²) in [6, 6.07) is 0. The lowest BCUT2D eigenvalue weighted by Gasteiger charge is -2.21. The minimum absolute atomic E-state index is 0.198. The summed E-state index contributed by atoms with van der Waals surface area (Å²) in [5.74, 6) is 0.198. The van der Waals surface area contributed by atoms with Gasteiger partial charge in [0, 0.05) is 30.5 Å². The zero-order valence-electron chi connectivity index (χ0n) is 9.57. The Hall–Kier alpha value is -0.740. The Balaban J connectivity index is 1.88. The van der Waals surface area contributed by atoms with Crippen molar-refractivity contribution in [2.24, 2.45) is 0 Å². The molecule has 1 saturated heterocycles. The van der Waals surface area contributed by atoms with E-state index in [0.717, 1.165) is 29.3 Å². The van der Waals surface area contributed by atoms with E-state index in [4.69, 9.17) is 4.74 Å². The average Bonchev–Trinajstić information content (AvgIpc) is 2.66. The Kier molecular flexibility index (Phi) is 4.07. The van der Waals surface area contributed by atoms with E-state index in [1.54, 1.807) is 18.3 Å². The van der Waals surface area contributed by atoms with E-state index in [1.165, 1.54) is 12.8 Å². The lowest BCUT2D eigenvalue weighted by atomic mass is 10.1. The first-order chi connectivity index (χ1) is 7.74. The molecule has 2 rings (SSSR count). The van der Waals surface area contributed by atoms with Crippen molar-refractivity contribution in [3.05, 3.63) is 16.1 Å². The third kappa shape index (κ3) is 3.39. The zero-order valence-corrected chi connectivity index (χ0v) is 10.4. The highest BCUT2D eigenvalue weighted by molar-refractivity contribution is 7.11. The van der Waals surface area contributed by atoms with Crippen molar-refractivity contribution in [3.63, 3.8) is 0 Å². The van der Waals surface area contributed by atoms with Gasteiger partial charge in [-0.25, -0.2) is 4.98 Å². The van der Waals surface area contributed by atoms with Crippen LogP contribution in [0.1, 0.15) is 36.1 Å². The molecule has 1 aromatic rings. The number of carbonyl (C=O) groups is 1. The van der Waals surface area contributed by atoms with Gasteiger partial charge in [-0.05, 0) is 26.2 Å². The molecule has 0 amide bonds. The van der Waals surface area contributed by atoms with Crippen molar-refractivity contribution in [2.45, 2.75) is 45.1 Å². The number of ether oxygens (including phenoxy) is 1. The molecule has 0 aliphatic carbocycles. The standard InChI is InChI=1S/C12H17NO2S/c1-9(14)6-11-8-13-12(16-11)7-10-4-2-3-5-15-10/h8,10H,2-7H2,1H3. The van der Waals surface area contributed by atoms with Crippen molar-refractivity contribution in [3.8, 4) is 0 Å². The number of thiazole rings is 1. The molecule has 16 heavy (non-hydrogen) atoms. The SMILES string of the molecule is CC(=O)Cc1cnc(CC2CCCCO2)s1. The molecule has 88 valence electrons. The molecule has 1 atom stereocenters. The summed E-state index contributed by atoms with van der Waals surface area (Å²) in [6.45, 7) is 2.50. The van der Waals surface area contributed by atoms with Gasteiger partial charge < -0.3 is 4.74 Å². The van der Waals surface area contributed by atoms with Crippen molar-refractivity contribution >= 4 is 17.1 Å². The number of carbonyl (C=O) groups excluding carboxylic acids is 1. The molecule has 2 heterocycles. The van der Waals surface area contributed by atoms with E-state index in [-0.39, 0.29) is 5.78 Å². The van der Waals surface area contributed by atoms with Crippen molar-refractivity contribution < 1.29 is 9.53 Å². The van der Waals surface area contributed by atoms with Crippen LogP contribution in [0.4, 0.5) is 0 Å². The van der Waals surface area contributed by atoms with Crippen LogP contribution in [-0.4, -0.2) is 23.5 Å². The predicted molar refractivity (Wildman–Crippen MR) is 63.8 cm³/mol. The van der Waals surface area contributed by atoms with Gasteiger partial charge in [0.05, 0.1) is 11.1 Å². The molecule has 4 heteroatoms. The second kappa shape index (κ2) is 5.55. The van der Waals surface area contributed by atoms with Gasteiger partial charge in [0.15, 0.2) is 0 Å². The molecular weight excluding hydrogens is 222 g/mol. The predicted octanol–water partition coefficient (Wildman–Crippen LogP) is 2.39. The van der Waals surface area contributed by atoms with Crippen LogP contribution >= 0.6 is 11.3 Å². The van der Waals surface area contributed by atoms with Crippen molar-refractivity contribution in [2.75, 3.05) is 6.61 Å². The molecule has 0 spiro atoms. The molecule has 0 radical (unpaired) electrons. The summed E-state index contributed by atoms with van der Waals surface area (Å²) in [5, 5.41) is 1.10. The molecule has 0 bridgehead atoms. The Morgan fingerprint density at radius 3 is 3.19 bits per heavy atom. The van der Waals surface area contributed by atoms with Gasteiger partial charge in [0.25, 0.3) is 0 Å². The van der Waals surface area contributed by atoms with Gasteiger partial charge in [0.1, 0.15) is 5.78 Å². The van der Waals surface area contributed by atoms with Gasteiger partial charge in [-0.3, -0.25) is 4.79 Å². The van der Waals surface area contributed by atoms with Crippen LogP contribution in [0, 0.1) is 0 Å². The van der Waals surface area contributed by atoms with Crippen LogP contribution in [0.15, 0.2) is 6.20 Å². The molecule has 0 aromatic carbocycles. The van der Waals surface area contributed by atoms with Gasteiger partial charge in [-0.1, -0.05) is 0 Å². The first-order valence-electron chi connectivity index (χ1n) is 5.78. The fraction of sp³-hybridized carbons (Fsp3) is 0.667. The zero-order chi connectivity index (χ0) is 11.4. The lowest BCUT2D eigenvalue weighted by Crippen LogP contribution is -2.21. The third-order valence-electron chi connectivity index (χ3n) is 2.70. The van der Waals surface area contributed by atoms with E-state index in [2.05, 4.69) is 4.98 Å². The summed E-state index contributed by atoms with van der Waals surface area (Å²) < 4.78 is 5.67. The Morgan fingerprint density at radius 2 is 2.50 bits per heavy atom. The highest BCUT2D eigenvalue weighted by Gasteiger charge is 2.16. The summed E-state index contributed by atoms with van der Waals surface area (Å²) >= 11 is 1.64. The number of Topliss-reactive ketones (excluding diaryl/α,β-unsaturated/α-hetero) is 1. The monoisotopic (exact) mass is 239 g/mol. The minimum Gasteiger partial charge on any atom is -0.378 e. The highest BCUT2D eigenvalue weighted by atomic mass is 32.1. The number of hydrogen-bond donors (Lipinski definition) is 0. The summed E-state index contributed by atoms with van der Waals surface area (Å²) in [5.41, 5.74) is 0. The largest absolute Gasteiger partial charge is 0.378 e. The smallest absolute Gasteiger partial charge is 0.135 e. The van der Waals surface area contributed by atoms with Crippen LogP contribution in [0.5, 0.6) is 0 Å². The first kappa shape index (κ1) is 11.7. The van der Waals surface area contributed by atoms with Crippen LogP contribution in [0.2, 0.25) is 0 Å². The minimum atomic E-state index is 0.198. The fourth-order valence-corrected chi connectivity index (χ4v) is 2.99. The topological polar surface area (TPSA) is 39.2 Å². The van der Waals surface area contributed by atoms with Gasteiger partial charge in [-0.2, -0.15) is 0 Å². The molecule has 1 aliphatic rings. The van der Waals surface area contributed by atoms with Gasteiger partial charge >= 0.3 is 0 Å². The van der Waals surface area contributed by atoms with E-state index >= 15 is 0 Å². The van der Waals surface area contributed by atoms with Crippen LogP contribution in [0.25, 0.3) is 0 Å². The number of hydrogen-bond acceptors (Lipinski definition) is 4. The second-order valence-corrected chi connectivity index (χ2v) is 5.49. The number of ketones is 1. The van der Waals surface area contributed by atoms with Crippen LogP contribution < -0.4 is 0 Å². The molecule has 1 aliphatic heterocycles. The van der Waals surface area contributed by atoms with Crippen molar-refractivity contribution in [1.82, 2.24) is 4.98 Å². The third-order valence-corrected chi connectivity index (χ3v) is 3.72. The molecule has 0 saturated carbocycles. The van der Waals surface area contributed by atoms with Crippen LogP contribution in [-0.2, 0) is 22.4 Å². The molecule has 1 aromatic heterocycles. The van der Waals surface area contributed by atoms with Gasteiger partial charge in [0.2, 0.25) is 0 Å². The average molecular weight is 239 g/mol. The quantitative estimate of drug-likeness (QED) is 0.810. The van der Waals surface area contributed by atoms with E-state index in [0.29, 0.717) is 12.5 Å². The Labute approximate surface area is 99.8 Å².